The van der Waals surface area contributed by atoms with Gasteiger partial charge in [0.2, 0.25) is 0 Å². The quantitative estimate of drug-likeness (QED) is 0.885. The lowest BCUT2D eigenvalue weighted by Crippen LogP contribution is -2.43. The van der Waals surface area contributed by atoms with Crippen LogP contribution in [-0.2, 0) is 0 Å². The SMILES string of the molecule is Cc1nc(N2CCC(C)(CN)CC2)cc(=O)n1-c1cccc(Cl)c1Cl. The van der Waals surface area contributed by atoms with Gasteiger partial charge in [-0.3, -0.25) is 9.36 Å². The maximum atomic E-state index is 12.7. The first-order valence-electron chi connectivity index (χ1n) is 8.35. The van der Waals surface area contributed by atoms with Crippen LogP contribution in [0.15, 0.2) is 29.1 Å². The summed E-state index contributed by atoms with van der Waals surface area (Å²) in [4.78, 5) is 19.5. The lowest BCUT2D eigenvalue weighted by molar-refractivity contribution is 0.258. The first-order valence-corrected chi connectivity index (χ1v) is 9.10. The predicted molar refractivity (Wildman–Crippen MR) is 103 cm³/mol. The van der Waals surface area contributed by atoms with Crippen molar-refractivity contribution in [1.82, 2.24) is 9.55 Å². The Kier molecular flexibility index (Phi) is 5.09. The standard InChI is InChI=1S/C18H22Cl2N4O/c1-12-22-15(23-8-6-18(2,11-21)7-9-23)10-16(25)24(12)14-5-3-4-13(19)17(14)20/h3-5,10H,6-9,11,21H2,1-2H3. The summed E-state index contributed by atoms with van der Waals surface area (Å²) in [5.74, 6) is 1.29. The Balaban J connectivity index is 1.94. The summed E-state index contributed by atoms with van der Waals surface area (Å²) in [6.45, 7) is 6.39. The van der Waals surface area contributed by atoms with E-state index in [1.54, 1.807) is 31.2 Å². The fraction of sp³-hybridized carbons (Fsp3) is 0.444. The molecule has 2 heterocycles. The zero-order chi connectivity index (χ0) is 18.2. The van der Waals surface area contributed by atoms with Gasteiger partial charge in [-0.05, 0) is 43.9 Å². The molecule has 3 rings (SSSR count). The summed E-state index contributed by atoms with van der Waals surface area (Å²) in [6.07, 6.45) is 1.99. The van der Waals surface area contributed by atoms with E-state index in [-0.39, 0.29) is 11.0 Å². The molecule has 1 aromatic heterocycles. The zero-order valence-corrected chi connectivity index (χ0v) is 15.9. The Labute approximate surface area is 157 Å². The van der Waals surface area contributed by atoms with Crippen molar-refractivity contribution in [3.63, 3.8) is 0 Å². The number of anilines is 1. The van der Waals surface area contributed by atoms with E-state index in [9.17, 15) is 4.79 Å². The number of nitrogens with zero attached hydrogens (tertiary/aromatic N) is 3. The van der Waals surface area contributed by atoms with Gasteiger partial charge in [-0.2, -0.15) is 0 Å². The molecule has 1 saturated heterocycles. The minimum Gasteiger partial charge on any atom is -0.356 e. The lowest BCUT2D eigenvalue weighted by Gasteiger charge is -2.39. The summed E-state index contributed by atoms with van der Waals surface area (Å²) in [6, 6.07) is 6.78. The summed E-state index contributed by atoms with van der Waals surface area (Å²) in [5.41, 5.74) is 6.42. The molecule has 0 amide bonds. The van der Waals surface area contributed by atoms with Crippen molar-refractivity contribution in [1.29, 1.82) is 0 Å². The van der Waals surface area contributed by atoms with E-state index in [1.165, 1.54) is 4.57 Å². The number of piperidine rings is 1. The van der Waals surface area contributed by atoms with Gasteiger partial charge < -0.3 is 10.6 Å². The molecular formula is C18H22Cl2N4O. The average molecular weight is 381 g/mol. The van der Waals surface area contributed by atoms with Crippen LogP contribution >= 0.6 is 23.2 Å². The van der Waals surface area contributed by atoms with Gasteiger partial charge in [0.05, 0.1) is 15.7 Å². The van der Waals surface area contributed by atoms with Crippen LogP contribution in [0.3, 0.4) is 0 Å². The van der Waals surface area contributed by atoms with Crippen molar-refractivity contribution < 1.29 is 0 Å². The van der Waals surface area contributed by atoms with E-state index in [4.69, 9.17) is 28.9 Å². The second-order valence-electron chi connectivity index (χ2n) is 6.91. The highest BCUT2D eigenvalue weighted by atomic mass is 35.5. The minimum absolute atomic E-state index is 0.168. The highest BCUT2D eigenvalue weighted by Crippen LogP contribution is 2.32. The molecule has 5 nitrogen and oxygen atoms in total. The van der Waals surface area contributed by atoms with Crippen molar-refractivity contribution in [2.75, 3.05) is 24.5 Å². The smallest absolute Gasteiger partial charge is 0.260 e. The maximum Gasteiger partial charge on any atom is 0.260 e. The summed E-state index contributed by atoms with van der Waals surface area (Å²) in [5, 5.41) is 0.757. The Morgan fingerprint density at radius 1 is 1.28 bits per heavy atom. The molecule has 1 aliphatic heterocycles. The molecule has 0 unspecified atom stereocenters. The molecule has 2 aromatic rings. The summed E-state index contributed by atoms with van der Waals surface area (Å²) < 4.78 is 1.49. The molecular weight excluding hydrogens is 359 g/mol. The number of nitrogens with two attached hydrogens (primary N) is 1. The van der Waals surface area contributed by atoms with Gasteiger partial charge >= 0.3 is 0 Å². The second-order valence-corrected chi connectivity index (χ2v) is 7.70. The molecule has 0 aliphatic carbocycles. The predicted octanol–water partition coefficient (Wildman–Crippen LogP) is 3.41. The molecule has 0 atom stereocenters. The molecule has 1 fully saturated rings. The Morgan fingerprint density at radius 3 is 2.56 bits per heavy atom. The van der Waals surface area contributed by atoms with Crippen LogP contribution in [-0.4, -0.2) is 29.2 Å². The third-order valence-corrected chi connectivity index (χ3v) is 5.84. The van der Waals surface area contributed by atoms with Crippen LogP contribution in [0.2, 0.25) is 10.0 Å². The van der Waals surface area contributed by atoms with E-state index in [0.717, 1.165) is 25.9 Å². The van der Waals surface area contributed by atoms with Gasteiger partial charge in [-0.25, -0.2) is 4.98 Å². The van der Waals surface area contributed by atoms with Crippen LogP contribution in [0.5, 0.6) is 0 Å². The van der Waals surface area contributed by atoms with Gasteiger partial charge in [0.1, 0.15) is 11.6 Å². The van der Waals surface area contributed by atoms with E-state index in [0.29, 0.717) is 33.9 Å². The molecule has 25 heavy (non-hydrogen) atoms. The molecule has 7 heteroatoms. The van der Waals surface area contributed by atoms with Crippen molar-refractivity contribution in [2.45, 2.75) is 26.7 Å². The molecule has 1 aliphatic rings. The van der Waals surface area contributed by atoms with Crippen molar-refractivity contribution >= 4 is 29.0 Å². The third kappa shape index (κ3) is 3.54. The first-order chi connectivity index (χ1) is 11.8. The Hall–Kier alpha value is -1.56. The van der Waals surface area contributed by atoms with E-state index in [2.05, 4.69) is 16.8 Å². The second kappa shape index (κ2) is 6.98. The van der Waals surface area contributed by atoms with Crippen LogP contribution in [0, 0.1) is 12.3 Å². The number of aryl methyl sites for hydroxylation is 1. The number of hydrogen-bond acceptors (Lipinski definition) is 4. The van der Waals surface area contributed by atoms with Crippen LogP contribution in [0.25, 0.3) is 5.69 Å². The first kappa shape index (κ1) is 18.2. The largest absolute Gasteiger partial charge is 0.356 e. The van der Waals surface area contributed by atoms with Gasteiger partial charge in [0, 0.05) is 19.2 Å². The normalized spacial score (nSPS) is 16.9. The fourth-order valence-corrected chi connectivity index (χ4v) is 3.56. The highest BCUT2D eigenvalue weighted by Gasteiger charge is 2.29. The van der Waals surface area contributed by atoms with E-state index in [1.807, 2.05) is 0 Å². The molecule has 1 aromatic carbocycles. The van der Waals surface area contributed by atoms with Gasteiger partial charge in [0.15, 0.2) is 0 Å². The minimum atomic E-state index is -0.168. The summed E-state index contributed by atoms with van der Waals surface area (Å²) in [7, 11) is 0. The van der Waals surface area contributed by atoms with Crippen molar-refractivity contribution in [3.05, 3.63) is 50.5 Å². The molecule has 2 N–H and O–H groups in total. The van der Waals surface area contributed by atoms with Gasteiger partial charge in [-0.15, -0.1) is 0 Å². The highest BCUT2D eigenvalue weighted by molar-refractivity contribution is 6.43. The Bertz CT molecular complexity index is 841. The molecule has 0 spiro atoms. The topological polar surface area (TPSA) is 64.2 Å². The number of aromatic nitrogens is 2. The summed E-state index contributed by atoms with van der Waals surface area (Å²) >= 11 is 12.3. The number of rotatable bonds is 3. The van der Waals surface area contributed by atoms with Crippen LogP contribution in [0.1, 0.15) is 25.6 Å². The average Bonchev–Trinajstić information content (AvgIpc) is 2.58. The van der Waals surface area contributed by atoms with Gasteiger partial charge in [0.25, 0.3) is 5.56 Å². The number of halogens is 2. The molecule has 134 valence electrons. The van der Waals surface area contributed by atoms with Crippen LogP contribution in [0.4, 0.5) is 5.82 Å². The van der Waals surface area contributed by atoms with Crippen molar-refractivity contribution in [2.24, 2.45) is 11.1 Å². The number of benzene rings is 1. The molecule has 0 saturated carbocycles. The van der Waals surface area contributed by atoms with Gasteiger partial charge in [-0.1, -0.05) is 36.2 Å². The fourth-order valence-electron chi connectivity index (χ4n) is 3.18. The molecule has 0 radical (unpaired) electrons. The zero-order valence-electron chi connectivity index (χ0n) is 14.4. The monoisotopic (exact) mass is 380 g/mol. The van der Waals surface area contributed by atoms with E-state index >= 15 is 0 Å². The Morgan fingerprint density at radius 2 is 1.96 bits per heavy atom. The van der Waals surface area contributed by atoms with Crippen molar-refractivity contribution in [3.8, 4) is 5.69 Å². The number of hydrogen-bond donors (Lipinski definition) is 1. The lowest BCUT2D eigenvalue weighted by atomic mass is 9.80. The molecule has 0 bridgehead atoms. The van der Waals surface area contributed by atoms with Crippen LogP contribution < -0.4 is 16.2 Å². The maximum absolute atomic E-state index is 12.7. The van der Waals surface area contributed by atoms with E-state index < -0.39 is 0 Å². The third-order valence-electron chi connectivity index (χ3n) is 5.03.